The van der Waals surface area contributed by atoms with Gasteiger partial charge >= 0.3 is 0 Å². The molecular weight excluding hydrogens is 222 g/mol. The minimum absolute atomic E-state index is 0.0944. The summed E-state index contributed by atoms with van der Waals surface area (Å²) in [6.45, 7) is 6.65. The monoisotopic (exact) mass is 253 g/mol. The predicted octanol–water partition coefficient (Wildman–Crippen LogP) is 3.58. The zero-order chi connectivity index (χ0) is 13.0. The van der Waals surface area contributed by atoms with E-state index in [1.807, 2.05) is 0 Å². The van der Waals surface area contributed by atoms with Crippen LogP contribution in [0.5, 0.6) is 0 Å². The molecule has 2 aliphatic carbocycles. The zero-order valence-corrected chi connectivity index (χ0v) is 12.3. The van der Waals surface area contributed by atoms with Crippen LogP contribution in [0.2, 0.25) is 0 Å². The highest BCUT2D eigenvalue weighted by Gasteiger charge is 2.44. The van der Waals surface area contributed by atoms with Crippen molar-refractivity contribution in [2.45, 2.75) is 83.3 Å². The van der Waals surface area contributed by atoms with Crippen molar-refractivity contribution in [2.75, 3.05) is 13.1 Å². The van der Waals surface area contributed by atoms with Crippen molar-refractivity contribution in [1.82, 2.24) is 4.90 Å². The van der Waals surface area contributed by atoms with Gasteiger partial charge in [-0.1, -0.05) is 52.4 Å². The van der Waals surface area contributed by atoms with Crippen molar-refractivity contribution in [2.24, 2.45) is 5.92 Å². The SMILES string of the molecule is CCN(CC)C1(C(O)CC2CCCC2)CCCC1. The molecule has 2 heteroatoms. The molecule has 2 rings (SSSR count). The second kappa shape index (κ2) is 6.38. The number of aliphatic hydroxyl groups is 1. The van der Waals surface area contributed by atoms with Crippen LogP contribution in [0.4, 0.5) is 0 Å². The second-order valence-corrected chi connectivity index (χ2v) is 6.38. The van der Waals surface area contributed by atoms with Gasteiger partial charge in [0, 0.05) is 5.54 Å². The van der Waals surface area contributed by atoms with Gasteiger partial charge in [0.1, 0.15) is 0 Å². The summed E-state index contributed by atoms with van der Waals surface area (Å²) in [6.07, 6.45) is 11.5. The van der Waals surface area contributed by atoms with Gasteiger partial charge in [-0.2, -0.15) is 0 Å². The van der Waals surface area contributed by atoms with Gasteiger partial charge in [-0.25, -0.2) is 0 Å². The molecule has 106 valence electrons. The maximum Gasteiger partial charge on any atom is 0.0726 e. The van der Waals surface area contributed by atoms with Gasteiger partial charge in [-0.15, -0.1) is 0 Å². The lowest BCUT2D eigenvalue weighted by Crippen LogP contribution is -2.55. The van der Waals surface area contributed by atoms with E-state index in [4.69, 9.17) is 0 Å². The van der Waals surface area contributed by atoms with Crippen LogP contribution in [0.25, 0.3) is 0 Å². The van der Waals surface area contributed by atoms with E-state index in [2.05, 4.69) is 18.7 Å². The van der Waals surface area contributed by atoms with Gasteiger partial charge in [-0.3, -0.25) is 4.90 Å². The molecule has 2 aliphatic rings. The van der Waals surface area contributed by atoms with Gasteiger partial charge < -0.3 is 5.11 Å². The van der Waals surface area contributed by atoms with Gasteiger partial charge in [0.15, 0.2) is 0 Å². The molecule has 0 aromatic heterocycles. The lowest BCUT2D eigenvalue weighted by Gasteiger charge is -2.44. The normalized spacial score (nSPS) is 26.0. The number of likely N-dealkylation sites (N-methyl/N-ethyl adjacent to an activating group) is 1. The largest absolute Gasteiger partial charge is 0.391 e. The first kappa shape index (κ1) is 14.3. The Morgan fingerprint density at radius 3 is 2.11 bits per heavy atom. The smallest absolute Gasteiger partial charge is 0.0726 e. The summed E-state index contributed by atoms with van der Waals surface area (Å²) in [5.41, 5.74) is 0.117. The lowest BCUT2D eigenvalue weighted by molar-refractivity contribution is -0.0362. The molecule has 0 bridgehead atoms. The van der Waals surface area contributed by atoms with E-state index in [0.717, 1.165) is 25.4 Å². The van der Waals surface area contributed by atoms with Crippen molar-refractivity contribution < 1.29 is 5.11 Å². The first-order valence-electron chi connectivity index (χ1n) is 8.16. The predicted molar refractivity (Wildman–Crippen MR) is 76.7 cm³/mol. The maximum atomic E-state index is 10.9. The molecule has 0 saturated heterocycles. The zero-order valence-electron chi connectivity index (χ0n) is 12.3. The Kier molecular flexibility index (Phi) is 5.08. The third-order valence-electron chi connectivity index (χ3n) is 5.51. The van der Waals surface area contributed by atoms with E-state index < -0.39 is 0 Å². The highest BCUT2D eigenvalue weighted by Crippen LogP contribution is 2.41. The number of aliphatic hydroxyl groups excluding tert-OH is 1. The van der Waals surface area contributed by atoms with Crippen molar-refractivity contribution in [3.8, 4) is 0 Å². The summed E-state index contributed by atoms with van der Waals surface area (Å²) in [5, 5.41) is 10.9. The van der Waals surface area contributed by atoms with Gasteiger partial charge in [0.05, 0.1) is 6.10 Å². The molecular formula is C16H31NO. The summed E-state index contributed by atoms with van der Waals surface area (Å²) in [6, 6.07) is 0. The Morgan fingerprint density at radius 1 is 1.06 bits per heavy atom. The Morgan fingerprint density at radius 2 is 1.61 bits per heavy atom. The van der Waals surface area contributed by atoms with Crippen LogP contribution in [0.3, 0.4) is 0 Å². The average molecular weight is 253 g/mol. The Labute approximate surface area is 113 Å². The summed E-state index contributed by atoms with van der Waals surface area (Å²) in [4.78, 5) is 2.54. The first-order valence-corrected chi connectivity index (χ1v) is 8.16. The molecule has 0 aromatic carbocycles. The quantitative estimate of drug-likeness (QED) is 0.782. The van der Waals surface area contributed by atoms with Gasteiger partial charge in [0.2, 0.25) is 0 Å². The minimum atomic E-state index is -0.0944. The number of hydrogen-bond acceptors (Lipinski definition) is 2. The highest BCUT2D eigenvalue weighted by atomic mass is 16.3. The van der Waals surface area contributed by atoms with Crippen LogP contribution >= 0.6 is 0 Å². The Balaban J connectivity index is 2.03. The molecule has 2 fully saturated rings. The highest BCUT2D eigenvalue weighted by molar-refractivity contribution is 5.00. The molecule has 0 aromatic rings. The Hall–Kier alpha value is -0.0800. The van der Waals surface area contributed by atoms with Crippen LogP contribution in [0, 0.1) is 5.92 Å². The molecule has 0 spiro atoms. The summed E-state index contributed by atoms with van der Waals surface area (Å²) in [5.74, 6) is 0.799. The van der Waals surface area contributed by atoms with E-state index in [0.29, 0.717) is 0 Å². The van der Waals surface area contributed by atoms with Crippen molar-refractivity contribution in [3.63, 3.8) is 0 Å². The van der Waals surface area contributed by atoms with Gasteiger partial charge in [-0.05, 0) is 38.3 Å². The number of nitrogens with zero attached hydrogens (tertiary/aromatic N) is 1. The Bertz CT molecular complexity index is 237. The van der Waals surface area contributed by atoms with E-state index in [-0.39, 0.29) is 11.6 Å². The molecule has 2 saturated carbocycles. The standard InChI is InChI=1S/C16H31NO/c1-3-17(4-2)16(11-7-8-12-16)15(18)13-14-9-5-6-10-14/h14-15,18H,3-13H2,1-2H3. The van der Waals surface area contributed by atoms with E-state index in [1.54, 1.807) is 0 Å². The molecule has 0 radical (unpaired) electrons. The van der Waals surface area contributed by atoms with Crippen LogP contribution in [-0.2, 0) is 0 Å². The van der Waals surface area contributed by atoms with Crippen molar-refractivity contribution in [1.29, 1.82) is 0 Å². The maximum absolute atomic E-state index is 10.9. The van der Waals surface area contributed by atoms with Crippen LogP contribution in [0.1, 0.15) is 71.6 Å². The minimum Gasteiger partial charge on any atom is -0.391 e. The van der Waals surface area contributed by atoms with Gasteiger partial charge in [0.25, 0.3) is 0 Å². The molecule has 1 unspecified atom stereocenters. The second-order valence-electron chi connectivity index (χ2n) is 6.38. The van der Waals surface area contributed by atoms with Crippen molar-refractivity contribution >= 4 is 0 Å². The molecule has 0 amide bonds. The fourth-order valence-electron chi connectivity index (χ4n) is 4.48. The fraction of sp³-hybridized carbons (Fsp3) is 1.00. The molecule has 2 nitrogen and oxygen atoms in total. The molecule has 1 atom stereocenters. The molecule has 0 aliphatic heterocycles. The molecule has 18 heavy (non-hydrogen) atoms. The average Bonchev–Trinajstić information content (AvgIpc) is 3.02. The number of hydrogen-bond donors (Lipinski definition) is 1. The summed E-state index contributed by atoms with van der Waals surface area (Å²) < 4.78 is 0. The van der Waals surface area contributed by atoms with E-state index >= 15 is 0 Å². The fourth-order valence-corrected chi connectivity index (χ4v) is 4.48. The number of rotatable bonds is 6. The first-order chi connectivity index (χ1) is 8.73. The van der Waals surface area contributed by atoms with Crippen LogP contribution in [0.15, 0.2) is 0 Å². The lowest BCUT2D eigenvalue weighted by atomic mass is 9.82. The summed E-state index contributed by atoms with van der Waals surface area (Å²) in [7, 11) is 0. The van der Waals surface area contributed by atoms with E-state index in [9.17, 15) is 5.11 Å². The molecule has 0 heterocycles. The molecule has 1 N–H and O–H groups in total. The topological polar surface area (TPSA) is 23.5 Å². The third kappa shape index (κ3) is 2.75. The van der Waals surface area contributed by atoms with Crippen molar-refractivity contribution in [3.05, 3.63) is 0 Å². The van der Waals surface area contributed by atoms with Crippen LogP contribution in [-0.4, -0.2) is 34.7 Å². The van der Waals surface area contributed by atoms with E-state index in [1.165, 1.54) is 51.4 Å². The third-order valence-corrected chi connectivity index (χ3v) is 5.51. The van der Waals surface area contributed by atoms with Crippen LogP contribution < -0.4 is 0 Å². The summed E-state index contributed by atoms with van der Waals surface area (Å²) >= 11 is 0.